The first-order valence-corrected chi connectivity index (χ1v) is 7.45. The van der Waals surface area contributed by atoms with E-state index in [4.69, 9.17) is 5.11 Å². The zero-order valence-corrected chi connectivity index (χ0v) is 13.7. The van der Waals surface area contributed by atoms with Crippen molar-refractivity contribution in [2.24, 2.45) is 5.92 Å². The maximum Gasteiger partial charge on any atom is 0.326 e. The number of nitrogens with zero attached hydrogens (tertiary/aromatic N) is 1. The Morgan fingerprint density at radius 2 is 1.87 bits per heavy atom. The number of hydrogen-bond donors (Lipinski definition) is 2. The maximum absolute atomic E-state index is 12.2. The van der Waals surface area contributed by atoms with Crippen molar-refractivity contribution in [1.29, 1.82) is 0 Å². The second-order valence-corrected chi connectivity index (χ2v) is 6.18. The Morgan fingerprint density at radius 1 is 1.26 bits per heavy atom. The largest absolute Gasteiger partial charge is 0.480 e. The van der Waals surface area contributed by atoms with Gasteiger partial charge in [0, 0.05) is 17.2 Å². The first-order valence-electron chi connectivity index (χ1n) is 7.45. The summed E-state index contributed by atoms with van der Waals surface area (Å²) in [5.74, 6) is -1.72. The number of hydrogen-bond acceptors (Lipinski definition) is 4. The molecule has 0 bridgehead atoms. The Morgan fingerprint density at radius 3 is 2.30 bits per heavy atom. The molecule has 7 heteroatoms. The third-order valence-corrected chi connectivity index (χ3v) is 3.42. The normalized spacial score (nSPS) is 12.3. The van der Waals surface area contributed by atoms with Crippen molar-refractivity contribution in [3.05, 3.63) is 39.4 Å². The molecular formula is C16H22N2O5. The lowest BCUT2D eigenvalue weighted by Gasteiger charge is -2.16. The van der Waals surface area contributed by atoms with Crippen molar-refractivity contribution in [1.82, 2.24) is 5.32 Å². The fourth-order valence-corrected chi connectivity index (χ4v) is 2.27. The quantitative estimate of drug-likeness (QED) is 0.592. The average Bonchev–Trinajstić information content (AvgIpc) is 2.44. The molecule has 23 heavy (non-hydrogen) atoms. The predicted molar refractivity (Wildman–Crippen MR) is 85.5 cm³/mol. The van der Waals surface area contributed by atoms with Crippen molar-refractivity contribution in [2.45, 2.75) is 46.1 Å². The summed E-state index contributed by atoms with van der Waals surface area (Å²) in [7, 11) is 0. The van der Waals surface area contributed by atoms with Gasteiger partial charge in [0.25, 0.3) is 11.6 Å². The molecule has 0 radical (unpaired) electrons. The minimum absolute atomic E-state index is 0.0554. The van der Waals surface area contributed by atoms with Crippen LogP contribution in [0.3, 0.4) is 0 Å². The van der Waals surface area contributed by atoms with Gasteiger partial charge in [-0.2, -0.15) is 0 Å². The Hall–Kier alpha value is -2.44. The molecule has 126 valence electrons. The summed E-state index contributed by atoms with van der Waals surface area (Å²) >= 11 is 0. The molecule has 7 nitrogen and oxygen atoms in total. The number of carboxylic acid groups (broad SMARTS) is 1. The van der Waals surface area contributed by atoms with Gasteiger partial charge in [0.1, 0.15) is 6.04 Å². The monoisotopic (exact) mass is 322 g/mol. The highest BCUT2D eigenvalue weighted by molar-refractivity contribution is 5.97. The SMILES string of the molecule is CC(C)C[C@@H](NC(=O)c1ccc(C(C)C)c([N+](=O)[O-])c1)C(=O)O. The second-order valence-electron chi connectivity index (χ2n) is 6.18. The van der Waals surface area contributed by atoms with E-state index in [2.05, 4.69) is 5.32 Å². The van der Waals surface area contributed by atoms with Crippen LogP contribution in [0.1, 0.15) is 56.0 Å². The summed E-state index contributed by atoms with van der Waals surface area (Å²) in [6.07, 6.45) is 0.285. The Labute approximate surface area is 134 Å². The van der Waals surface area contributed by atoms with E-state index in [1.807, 2.05) is 27.7 Å². The number of carbonyl (C=O) groups excluding carboxylic acids is 1. The first-order chi connectivity index (χ1) is 10.6. The summed E-state index contributed by atoms with van der Waals surface area (Å²) < 4.78 is 0. The minimum Gasteiger partial charge on any atom is -0.480 e. The first kappa shape index (κ1) is 18.6. The fraction of sp³-hybridized carbons (Fsp3) is 0.500. The van der Waals surface area contributed by atoms with Gasteiger partial charge in [-0.3, -0.25) is 14.9 Å². The standard InChI is InChI=1S/C16H22N2O5/c1-9(2)7-13(16(20)21)17-15(19)11-5-6-12(10(3)4)14(8-11)18(22)23/h5-6,8-10,13H,7H2,1-4H3,(H,17,19)(H,20,21)/t13-/m1/s1. The molecule has 0 saturated carbocycles. The Bertz CT molecular complexity index is 610. The number of amides is 1. The van der Waals surface area contributed by atoms with Crippen LogP contribution in [0.2, 0.25) is 0 Å². The summed E-state index contributed by atoms with van der Waals surface area (Å²) in [5, 5.41) is 22.7. The third kappa shape index (κ3) is 5.05. The zero-order valence-electron chi connectivity index (χ0n) is 13.7. The maximum atomic E-state index is 12.2. The molecule has 0 saturated heterocycles. The van der Waals surface area contributed by atoms with Gasteiger partial charge < -0.3 is 10.4 Å². The molecule has 1 aromatic rings. The molecule has 0 unspecified atom stereocenters. The number of rotatable bonds is 7. The van der Waals surface area contributed by atoms with Crippen molar-refractivity contribution in [3.8, 4) is 0 Å². The fourth-order valence-electron chi connectivity index (χ4n) is 2.27. The van der Waals surface area contributed by atoms with Crippen LogP contribution >= 0.6 is 0 Å². The number of nitrogens with one attached hydrogen (secondary N) is 1. The smallest absolute Gasteiger partial charge is 0.326 e. The highest BCUT2D eigenvalue weighted by atomic mass is 16.6. The van der Waals surface area contributed by atoms with Gasteiger partial charge in [0.2, 0.25) is 0 Å². The van der Waals surface area contributed by atoms with Gasteiger partial charge in [0.05, 0.1) is 4.92 Å². The number of aliphatic carboxylic acids is 1. The topological polar surface area (TPSA) is 110 Å². The second kappa shape index (κ2) is 7.71. The lowest BCUT2D eigenvalue weighted by molar-refractivity contribution is -0.385. The van der Waals surface area contributed by atoms with Crippen LogP contribution in [0.25, 0.3) is 0 Å². The minimum atomic E-state index is -1.12. The van der Waals surface area contributed by atoms with Crippen molar-refractivity contribution in [3.63, 3.8) is 0 Å². The van der Waals surface area contributed by atoms with E-state index < -0.39 is 22.8 Å². The lowest BCUT2D eigenvalue weighted by Crippen LogP contribution is -2.41. The predicted octanol–water partition coefficient (Wildman–Crippen LogP) is 2.95. The van der Waals surface area contributed by atoms with E-state index in [9.17, 15) is 19.7 Å². The summed E-state index contributed by atoms with van der Waals surface area (Å²) in [4.78, 5) is 34.0. The van der Waals surface area contributed by atoms with Crippen LogP contribution in [0.5, 0.6) is 0 Å². The lowest BCUT2D eigenvalue weighted by atomic mass is 9.98. The van der Waals surface area contributed by atoms with Gasteiger partial charge in [-0.1, -0.05) is 33.8 Å². The van der Waals surface area contributed by atoms with E-state index in [0.29, 0.717) is 5.56 Å². The van der Waals surface area contributed by atoms with Crippen LogP contribution in [-0.2, 0) is 4.79 Å². The average molecular weight is 322 g/mol. The van der Waals surface area contributed by atoms with Crippen LogP contribution in [0.15, 0.2) is 18.2 Å². The molecule has 2 N–H and O–H groups in total. The number of nitro groups is 1. The zero-order chi connectivity index (χ0) is 17.7. The van der Waals surface area contributed by atoms with Crippen molar-refractivity contribution < 1.29 is 19.6 Å². The van der Waals surface area contributed by atoms with E-state index >= 15 is 0 Å². The number of carboxylic acids is 1. The van der Waals surface area contributed by atoms with Gasteiger partial charge >= 0.3 is 5.97 Å². The number of benzene rings is 1. The van der Waals surface area contributed by atoms with E-state index in [-0.39, 0.29) is 29.5 Å². The number of nitro benzene ring substituents is 1. The molecule has 0 fully saturated rings. The highest BCUT2D eigenvalue weighted by Gasteiger charge is 2.24. The summed E-state index contributed by atoms with van der Waals surface area (Å²) in [6.45, 7) is 7.35. The molecule has 0 aromatic heterocycles. The van der Waals surface area contributed by atoms with Gasteiger partial charge in [-0.25, -0.2) is 4.79 Å². The molecule has 1 amide bonds. The van der Waals surface area contributed by atoms with Gasteiger partial charge in [-0.05, 0) is 24.3 Å². The van der Waals surface area contributed by atoms with E-state index in [1.165, 1.54) is 18.2 Å². The molecule has 0 aliphatic heterocycles. The van der Waals surface area contributed by atoms with Gasteiger partial charge in [0.15, 0.2) is 0 Å². The van der Waals surface area contributed by atoms with E-state index in [1.54, 1.807) is 0 Å². The van der Waals surface area contributed by atoms with Crippen molar-refractivity contribution >= 4 is 17.6 Å². The summed E-state index contributed by atoms with van der Waals surface area (Å²) in [5.41, 5.74) is 0.475. The summed E-state index contributed by atoms with van der Waals surface area (Å²) in [6, 6.07) is 3.19. The van der Waals surface area contributed by atoms with E-state index in [0.717, 1.165) is 0 Å². The molecule has 1 aromatic carbocycles. The molecular weight excluding hydrogens is 300 g/mol. The number of carbonyl (C=O) groups is 2. The van der Waals surface area contributed by atoms with Crippen LogP contribution in [-0.4, -0.2) is 27.9 Å². The highest BCUT2D eigenvalue weighted by Crippen LogP contribution is 2.27. The van der Waals surface area contributed by atoms with Gasteiger partial charge in [-0.15, -0.1) is 0 Å². The van der Waals surface area contributed by atoms with Crippen molar-refractivity contribution in [2.75, 3.05) is 0 Å². The molecule has 0 spiro atoms. The molecule has 1 rings (SSSR count). The van der Waals surface area contributed by atoms with Crippen LogP contribution < -0.4 is 5.32 Å². The van der Waals surface area contributed by atoms with Crippen LogP contribution in [0.4, 0.5) is 5.69 Å². The molecule has 1 atom stereocenters. The molecule has 0 aliphatic carbocycles. The molecule has 0 aliphatic rings. The Kier molecular flexibility index (Phi) is 6.24. The third-order valence-electron chi connectivity index (χ3n) is 3.42. The Balaban J connectivity index is 3.06. The molecule has 0 heterocycles. The van der Waals surface area contributed by atoms with Crippen LogP contribution in [0, 0.1) is 16.0 Å².